The second-order valence-corrected chi connectivity index (χ2v) is 7.06. The summed E-state index contributed by atoms with van der Waals surface area (Å²) in [7, 11) is -1.32. The number of methoxy groups -OCH3 is 2. The van der Waals surface area contributed by atoms with Gasteiger partial charge >= 0.3 is 10.1 Å². The third-order valence-corrected chi connectivity index (χ3v) is 5.11. The van der Waals surface area contributed by atoms with Gasteiger partial charge in [-0.25, -0.2) is 0 Å². The summed E-state index contributed by atoms with van der Waals surface area (Å²) in [4.78, 5) is 12.6. The standard InChI is InChI=1S/C18H17NO7S/c1-23-11-8-9-13(14(10-11)24-2)16-15(20)17(18(19)25-16)26-27(21,22)12-6-4-3-5-7-12/h3-10,16H,19H2,1-2H3. The molecule has 0 aliphatic carbocycles. The molecular weight excluding hydrogens is 374 g/mol. The van der Waals surface area contributed by atoms with Gasteiger partial charge in [0.05, 0.1) is 14.2 Å². The van der Waals surface area contributed by atoms with E-state index in [0.29, 0.717) is 17.1 Å². The van der Waals surface area contributed by atoms with Crippen molar-refractivity contribution in [3.05, 3.63) is 65.7 Å². The van der Waals surface area contributed by atoms with Gasteiger partial charge in [-0.15, -0.1) is 0 Å². The lowest BCUT2D eigenvalue weighted by molar-refractivity contribution is -0.123. The summed E-state index contributed by atoms with van der Waals surface area (Å²) in [5, 5.41) is 0. The monoisotopic (exact) mass is 391 g/mol. The minimum atomic E-state index is -4.23. The van der Waals surface area contributed by atoms with Gasteiger partial charge in [-0.05, 0) is 24.3 Å². The van der Waals surface area contributed by atoms with Crippen LogP contribution < -0.4 is 15.2 Å². The SMILES string of the molecule is COc1ccc(C2OC(N)=C(OS(=O)(=O)c3ccccc3)C2=O)c(OC)c1. The van der Waals surface area contributed by atoms with Gasteiger partial charge in [0, 0.05) is 11.6 Å². The van der Waals surface area contributed by atoms with Crippen molar-refractivity contribution in [1.29, 1.82) is 0 Å². The first-order chi connectivity index (χ1) is 12.9. The molecule has 3 rings (SSSR count). The highest BCUT2D eigenvalue weighted by Crippen LogP contribution is 2.38. The molecule has 0 saturated heterocycles. The Hall–Kier alpha value is -3.20. The Morgan fingerprint density at radius 3 is 2.37 bits per heavy atom. The topological polar surface area (TPSA) is 114 Å². The van der Waals surface area contributed by atoms with E-state index in [4.69, 9.17) is 24.1 Å². The van der Waals surface area contributed by atoms with E-state index in [1.54, 1.807) is 24.3 Å². The minimum Gasteiger partial charge on any atom is -0.497 e. The number of hydrogen-bond donors (Lipinski definition) is 1. The van der Waals surface area contributed by atoms with Gasteiger partial charge in [-0.2, -0.15) is 8.42 Å². The maximum Gasteiger partial charge on any atom is 0.339 e. The van der Waals surface area contributed by atoms with Crippen molar-refractivity contribution in [1.82, 2.24) is 0 Å². The molecule has 1 aliphatic rings. The Morgan fingerprint density at radius 2 is 1.74 bits per heavy atom. The Kier molecular flexibility index (Phi) is 4.95. The molecule has 0 radical (unpaired) electrons. The fourth-order valence-electron chi connectivity index (χ4n) is 2.54. The highest BCUT2D eigenvalue weighted by atomic mass is 32.2. The third kappa shape index (κ3) is 3.54. The molecular formula is C18H17NO7S. The molecule has 0 spiro atoms. The number of nitrogens with two attached hydrogens (primary N) is 1. The summed E-state index contributed by atoms with van der Waals surface area (Å²) in [6, 6.07) is 12.2. The Morgan fingerprint density at radius 1 is 1.04 bits per heavy atom. The van der Waals surface area contributed by atoms with Gasteiger partial charge in [0.15, 0.2) is 6.10 Å². The van der Waals surface area contributed by atoms with Crippen LogP contribution in [0.15, 0.2) is 65.1 Å². The molecule has 1 aliphatic heterocycles. The van der Waals surface area contributed by atoms with Crippen LogP contribution in [-0.4, -0.2) is 28.4 Å². The highest BCUT2D eigenvalue weighted by Gasteiger charge is 2.41. The van der Waals surface area contributed by atoms with Crippen LogP contribution in [0.3, 0.4) is 0 Å². The van der Waals surface area contributed by atoms with Crippen molar-refractivity contribution in [2.24, 2.45) is 5.73 Å². The first-order valence-corrected chi connectivity index (χ1v) is 9.20. The first-order valence-electron chi connectivity index (χ1n) is 7.79. The van der Waals surface area contributed by atoms with Crippen molar-refractivity contribution in [2.45, 2.75) is 11.0 Å². The fraction of sp³-hybridized carbons (Fsp3) is 0.167. The third-order valence-electron chi connectivity index (χ3n) is 3.88. The van der Waals surface area contributed by atoms with Crippen molar-refractivity contribution < 1.29 is 31.6 Å². The van der Waals surface area contributed by atoms with Crippen LogP contribution in [0.25, 0.3) is 0 Å². The van der Waals surface area contributed by atoms with Crippen molar-refractivity contribution in [3.8, 4) is 11.5 Å². The highest BCUT2D eigenvalue weighted by molar-refractivity contribution is 7.86. The van der Waals surface area contributed by atoms with E-state index in [2.05, 4.69) is 0 Å². The van der Waals surface area contributed by atoms with Crippen molar-refractivity contribution in [3.63, 3.8) is 0 Å². The molecule has 9 heteroatoms. The van der Waals surface area contributed by atoms with E-state index >= 15 is 0 Å². The van der Waals surface area contributed by atoms with E-state index in [-0.39, 0.29) is 4.90 Å². The number of Topliss-reactive ketones (excluding diaryl/α,β-unsaturated/α-hetero) is 1. The smallest absolute Gasteiger partial charge is 0.339 e. The van der Waals surface area contributed by atoms with E-state index in [9.17, 15) is 13.2 Å². The normalized spacial score (nSPS) is 16.8. The zero-order valence-corrected chi connectivity index (χ0v) is 15.4. The molecule has 2 N–H and O–H groups in total. The summed E-state index contributed by atoms with van der Waals surface area (Å²) in [5.41, 5.74) is 6.07. The molecule has 2 aromatic carbocycles. The van der Waals surface area contributed by atoms with Gasteiger partial charge in [0.1, 0.15) is 16.4 Å². The van der Waals surface area contributed by atoms with Gasteiger partial charge < -0.3 is 24.1 Å². The molecule has 0 amide bonds. The van der Waals surface area contributed by atoms with Gasteiger partial charge in [-0.3, -0.25) is 4.79 Å². The Bertz CT molecular complexity index is 1000. The lowest BCUT2D eigenvalue weighted by Gasteiger charge is -2.15. The van der Waals surface area contributed by atoms with Crippen LogP contribution in [0.4, 0.5) is 0 Å². The molecule has 0 fully saturated rings. The summed E-state index contributed by atoms with van der Waals surface area (Å²) in [5.74, 6) is -0.864. The summed E-state index contributed by atoms with van der Waals surface area (Å²) in [6.07, 6.45) is -1.19. The van der Waals surface area contributed by atoms with E-state index in [1.807, 2.05) is 0 Å². The number of carbonyl (C=O) groups excluding carboxylic acids is 1. The van der Waals surface area contributed by atoms with Crippen LogP contribution in [0, 0.1) is 0 Å². The summed E-state index contributed by atoms with van der Waals surface area (Å²) >= 11 is 0. The van der Waals surface area contributed by atoms with Gasteiger partial charge in [0.25, 0.3) is 0 Å². The summed E-state index contributed by atoms with van der Waals surface area (Å²) in [6.45, 7) is 0. The molecule has 0 aromatic heterocycles. The van der Waals surface area contributed by atoms with Gasteiger partial charge in [0.2, 0.25) is 17.4 Å². The molecule has 27 heavy (non-hydrogen) atoms. The molecule has 0 bridgehead atoms. The molecule has 0 saturated carbocycles. The zero-order valence-electron chi connectivity index (χ0n) is 14.5. The number of benzene rings is 2. The molecule has 2 aromatic rings. The minimum absolute atomic E-state index is 0.108. The van der Waals surface area contributed by atoms with Crippen LogP contribution in [-0.2, 0) is 23.8 Å². The average Bonchev–Trinajstić information content (AvgIpc) is 2.95. The fourth-order valence-corrected chi connectivity index (χ4v) is 3.51. The molecule has 1 atom stereocenters. The van der Waals surface area contributed by atoms with E-state index in [1.165, 1.54) is 38.5 Å². The van der Waals surface area contributed by atoms with Crippen LogP contribution in [0.5, 0.6) is 11.5 Å². The van der Waals surface area contributed by atoms with E-state index < -0.39 is 33.6 Å². The van der Waals surface area contributed by atoms with Crippen LogP contribution in [0.2, 0.25) is 0 Å². The second-order valence-electron chi connectivity index (χ2n) is 5.51. The van der Waals surface area contributed by atoms with Crippen LogP contribution >= 0.6 is 0 Å². The molecule has 1 unspecified atom stereocenters. The zero-order chi connectivity index (χ0) is 19.6. The number of ketones is 1. The van der Waals surface area contributed by atoms with Crippen LogP contribution in [0.1, 0.15) is 11.7 Å². The molecule has 8 nitrogen and oxygen atoms in total. The number of hydrogen-bond acceptors (Lipinski definition) is 8. The van der Waals surface area contributed by atoms with Crippen molar-refractivity contribution in [2.75, 3.05) is 14.2 Å². The van der Waals surface area contributed by atoms with Gasteiger partial charge in [-0.1, -0.05) is 18.2 Å². The first kappa shape index (κ1) is 18.6. The molecule has 142 valence electrons. The predicted molar refractivity (Wildman–Crippen MR) is 94.3 cm³/mol. The second kappa shape index (κ2) is 7.20. The Balaban J connectivity index is 1.89. The van der Waals surface area contributed by atoms with E-state index in [0.717, 1.165) is 0 Å². The van der Waals surface area contributed by atoms with Crippen molar-refractivity contribution >= 4 is 15.9 Å². The number of rotatable bonds is 6. The maximum atomic E-state index is 12.7. The lowest BCUT2D eigenvalue weighted by Crippen LogP contribution is -2.15. The lowest BCUT2D eigenvalue weighted by atomic mass is 10.0. The molecule has 1 heterocycles. The number of carbonyl (C=O) groups is 1. The average molecular weight is 391 g/mol. The largest absolute Gasteiger partial charge is 0.497 e. The maximum absolute atomic E-state index is 12.7. The summed E-state index contributed by atoms with van der Waals surface area (Å²) < 4.78 is 45.4. The predicted octanol–water partition coefficient (Wildman–Crippen LogP) is 1.88. The number of ether oxygens (including phenoxy) is 3. The quantitative estimate of drug-likeness (QED) is 0.743. The Labute approximate surface area is 156 Å².